The summed E-state index contributed by atoms with van der Waals surface area (Å²) < 4.78 is 31.3. The Kier molecular flexibility index (Phi) is 5.78. The van der Waals surface area contributed by atoms with E-state index in [0.29, 0.717) is 17.7 Å². The maximum absolute atomic E-state index is 13.1. The molecule has 0 spiro atoms. The van der Waals surface area contributed by atoms with E-state index in [0.717, 1.165) is 12.1 Å². The highest BCUT2D eigenvalue weighted by atomic mass is 19.2. The summed E-state index contributed by atoms with van der Waals surface area (Å²) in [5.74, 6) is -2.39. The van der Waals surface area contributed by atoms with E-state index in [9.17, 15) is 23.7 Å². The lowest BCUT2D eigenvalue weighted by Crippen LogP contribution is -2.20. The van der Waals surface area contributed by atoms with E-state index in [1.165, 1.54) is 24.3 Å². The number of ether oxygens (including phenoxy) is 1. The van der Waals surface area contributed by atoms with Crippen LogP contribution < -0.4 is 10.1 Å². The second kappa shape index (κ2) is 8.00. The summed E-state index contributed by atoms with van der Waals surface area (Å²) in [6.07, 6.45) is 1.87. The molecule has 0 saturated carbocycles. The molecule has 0 heterocycles. The summed E-state index contributed by atoms with van der Waals surface area (Å²) >= 11 is 0. The maximum atomic E-state index is 13.1. The lowest BCUT2D eigenvalue weighted by molar-refractivity contribution is -0.384. The van der Waals surface area contributed by atoms with Gasteiger partial charge in [-0.05, 0) is 24.6 Å². The molecule has 0 fully saturated rings. The number of allylic oxidation sites excluding steroid dienone is 1. The van der Waals surface area contributed by atoms with Gasteiger partial charge in [0, 0.05) is 29.4 Å². The van der Waals surface area contributed by atoms with Crippen LogP contribution in [0, 0.1) is 21.7 Å². The molecule has 1 amide bonds. The Hall–Kier alpha value is -3.29. The Labute approximate surface area is 141 Å². The lowest BCUT2D eigenvalue weighted by Gasteiger charge is -2.11. The van der Waals surface area contributed by atoms with Gasteiger partial charge in [0.25, 0.3) is 11.6 Å². The SMILES string of the molecule is C=CCc1cc([N+](=O)[O-])ccc1OCC(=O)Nc1ccc(F)c(F)c1. The number of nitrogens with zero attached hydrogens (tertiary/aromatic N) is 1. The first-order chi connectivity index (χ1) is 11.9. The third kappa shape index (κ3) is 4.84. The molecule has 2 rings (SSSR count). The van der Waals surface area contributed by atoms with Gasteiger partial charge in [-0.3, -0.25) is 14.9 Å². The van der Waals surface area contributed by atoms with Crippen LogP contribution in [0.2, 0.25) is 0 Å². The second-order valence-corrected chi connectivity index (χ2v) is 5.01. The number of amides is 1. The minimum atomic E-state index is -1.08. The van der Waals surface area contributed by atoms with Crippen molar-refractivity contribution in [1.82, 2.24) is 0 Å². The fourth-order valence-corrected chi connectivity index (χ4v) is 2.05. The molecule has 2 aromatic rings. The van der Waals surface area contributed by atoms with E-state index in [2.05, 4.69) is 11.9 Å². The number of halogens is 2. The van der Waals surface area contributed by atoms with E-state index in [-0.39, 0.29) is 11.4 Å². The van der Waals surface area contributed by atoms with E-state index >= 15 is 0 Å². The lowest BCUT2D eigenvalue weighted by atomic mass is 10.1. The van der Waals surface area contributed by atoms with Crippen LogP contribution >= 0.6 is 0 Å². The molecule has 0 aromatic heterocycles. The topological polar surface area (TPSA) is 81.5 Å². The molecular formula is C17H14F2N2O4. The van der Waals surface area contributed by atoms with Crippen molar-refractivity contribution in [2.45, 2.75) is 6.42 Å². The first kappa shape index (κ1) is 18.1. The number of nitro benzene ring substituents is 1. The Morgan fingerprint density at radius 1 is 1.24 bits per heavy atom. The van der Waals surface area contributed by atoms with Crippen molar-refractivity contribution in [3.8, 4) is 5.75 Å². The Bertz CT molecular complexity index is 824. The zero-order valence-corrected chi connectivity index (χ0v) is 13.0. The van der Waals surface area contributed by atoms with Crippen LogP contribution in [0.4, 0.5) is 20.2 Å². The molecule has 0 aliphatic carbocycles. The highest BCUT2D eigenvalue weighted by molar-refractivity contribution is 5.91. The number of anilines is 1. The summed E-state index contributed by atoms with van der Waals surface area (Å²) in [6, 6.07) is 6.94. The predicted octanol–water partition coefficient (Wildman–Crippen LogP) is 3.62. The van der Waals surface area contributed by atoms with Gasteiger partial charge in [0.15, 0.2) is 18.2 Å². The van der Waals surface area contributed by atoms with E-state index in [4.69, 9.17) is 4.74 Å². The minimum Gasteiger partial charge on any atom is -0.483 e. The van der Waals surface area contributed by atoms with Crippen molar-refractivity contribution in [2.75, 3.05) is 11.9 Å². The summed E-state index contributed by atoms with van der Waals surface area (Å²) in [6.45, 7) is 3.17. The summed E-state index contributed by atoms with van der Waals surface area (Å²) in [5, 5.41) is 13.2. The van der Waals surface area contributed by atoms with Crippen LogP contribution in [-0.2, 0) is 11.2 Å². The Morgan fingerprint density at radius 3 is 2.64 bits per heavy atom. The molecule has 0 unspecified atom stereocenters. The molecule has 8 heteroatoms. The number of hydrogen-bond donors (Lipinski definition) is 1. The number of nitro groups is 1. The monoisotopic (exact) mass is 348 g/mol. The van der Waals surface area contributed by atoms with Crippen molar-refractivity contribution >= 4 is 17.3 Å². The number of nitrogens with one attached hydrogen (secondary N) is 1. The van der Waals surface area contributed by atoms with Gasteiger partial charge in [-0.25, -0.2) is 8.78 Å². The standard InChI is InChI=1S/C17H14F2N2O4/c1-2-3-11-8-13(21(23)24)5-7-16(11)25-10-17(22)20-12-4-6-14(18)15(19)9-12/h2,4-9H,1,3,10H2,(H,20,22). The molecule has 130 valence electrons. The van der Waals surface area contributed by atoms with Crippen molar-refractivity contribution in [3.05, 3.63) is 76.4 Å². The average Bonchev–Trinajstić information content (AvgIpc) is 2.57. The summed E-state index contributed by atoms with van der Waals surface area (Å²) in [4.78, 5) is 22.1. The van der Waals surface area contributed by atoms with Gasteiger partial charge in [-0.15, -0.1) is 6.58 Å². The fraction of sp³-hybridized carbons (Fsp3) is 0.118. The van der Waals surface area contributed by atoms with E-state index < -0.39 is 29.1 Å². The predicted molar refractivity (Wildman–Crippen MR) is 87.5 cm³/mol. The van der Waals surface area contributed by atoms with Crippen LogP contribution in [0.5, 0.6) is 5.75 Å². The largest absolute Gasteiger partial charge is 0.483 e. The third-order valence-corrected chi connectivity index (χ3v) is 3.18. The number of non-ortho nitro benzene ring substituents is 1. The quantitative estimate of drug-likeness (QED) is 0.471. The normalized spacial score (nSPS) is 10.2. The molecule has 6 nitrogen and oxygen atoms in total. The average molecular weight is 348 g/mol. The van der Waals surface area contributed by atoms with Crippen LogP contribution in [0.1, 0.15) is 5.56 Å². The van der Waals surface area contributed by atoms with Crippen LogP contribution in [0.15, 0.2) is 49.1 Å². The Balaban J connectivity index is 2.04. The number of carbonyl (C=O) groups excluding carboxylic acids is 1. The molecule has 25 heavy (non-hydrogen) atoms. The molecular weight excluding hydrogens is 334 g/mol. The number of hydrogen-bond acceptors (Lipinski definition) is 4. The van der Waals surface area contributed by atoms with Gasteiger partial charge in [0.1, 0.15) is 5.75 Å². The summed E-state index contributed by atoms with van der Waals surface area (Å²) in [7, 11) is 0. The minimum absolute atomic E-state index is 0.0857. The van der Waals surface area contributed by atoms with Crippen LogP contribution in [-0.4, -0.2) is 17.4 Å². The highest BCUT2D eigenvalue weighted by Crippen LogP contribution is 2.25. The second-order valence-electron chi connectivity index (χ2n) is 5.01. The number of rotatable bonds is 7. The van der Waals surface area contributed by atoms with Gasteiger partial charge in [0.2, 0.25) is 0 Å². The van der Waals surface area contributed by atoms with Crippen molar-refractivity contribution in [1.29, 1.82) is 0 Å². The van der Waals surface area contributed by atoms with Crippen LogP contribution in [0.25, 0.3) is 0 Å². The Morgan fingerprint density at radius 2 is 2.00 bits per heavy atom. The zero-order valence-electron chi connectivity index (χ0n) is 13.0. The molecule has 0 aliphatic heterocycles. The molecule has 0 saturated heterocycles. The first-order valence-corrected chi connectivity index (χ1v) is 7.16. The van der Waals surface area contributed by atoms with Gasteiger partial charge in [-0.2, -0.15) is 0 Å². The van der Waals surface area contributed by atoms with Gasteiger partial charge in [-0.1, -0.05) is 6.08 Å². The fourth-order valence-electron chi connectivity index (χ4n) is 2.05. The molecule has 0 aliphatic rings. The molecule has 2 aromatic carbocycles. The van der Waals surface area contributed by atoms with Gasteiger partial charge < -0.3 is 10.1 Å². The van der Waals surface area contributed by atoms with Gasteiger partial charge >= 0.3 is 0 Å². The van der Waals surface area contributed by atoms with Crippen LogP contribution in [0.3, 0.4) is 0 Å². The van der Waals surface area contributed by atoms with Gasteiger partial charge in [0.05, 0.1) is 4.92 Å². The molecule has 0 atom stereocenters. The zero-order chi connectivity index (χ0) is 18.4. The molecule has 1 N–H and O–H groups in total. The number of benzene rings is 2. The summed E-state index contributed by atoms with van der Waals surface area (Å²) in [5.41, 5.74) is 0.489. The highest BCUT2D eigenvalue weighted by Gasteiger charge is 2.13. The van der Waals surface area contributed by atoms with Crippen molar-refractivity contribution < 1.29 is 23.2 Å². The van der Waals surface area contributed by atoms with Crippen molar-refractivity contribution in [2.24, 2.45) is 0 Å². The maximum Gasteiger partial charge on any atom is 0.269 e. The molecule has 0 bridgehead atoms. The smallest absolute Gasteiger partial charge is 0.269 e. The van der Waals surface area contributed by atoms with Crippen molar-refractivity contribution in [3.63, 3.8) is 0 Å². The first-order valence-electron chi connectivity index (χ1n) is 7.16. The van der Waals surface area contributed by atoms with E-state index in [1.807, 2.05) is 0 Å². The van der Waals surface area contributed by atoms with E-state index in [1.54, 1.807) is 6.08 Å². The third-order valence-electron chi connectivity index (χ3n) is 3.18. The number of carbonyl (C=O) groups is 1. The molecule has 0 radical (unpaired) electrons.